The number of pyridine rings is 1. The van der Waals surface area contributed by atoms with E-state index in [4.69, 9.17) is 10.1 Å². The van der Waals surface area contributed by atoms with E-state index in [1.165, 1.54) is 0 Å². The van der Waals surface area contributed by atoms with Gasteiger partial charge in [-0.3, -0.25) is 20.1 Å². The third-order valence-electron chi connectivity index (χ3n) is 4.20. The Hall–Kier alpha value is -2.67. The highest BCUT2D eigenvalue weighted by atomic mass is 32.2. The Balaban J connectivity index is 1.83. The number of hydrogen-bond acceptors (Lipinski definition) is 6. The van der Waals surface area contributed by atoms with Crippen LogP contribution < -0.4 is 15.9 Å². The maximum atomic E-state index is 12.9. The first-order valence-electron chi connectivity index (χ1n) is 8.68. The number of aromatic nitrogens is 1. The molecule has 26 heavy (non-hydrogen) atoms. The fourth-order valence-corrected chi connectivity index (χ4v) is 3.86. The topological polar surface area (TPSA) is 70.0 Å². The lowest BCUT2D eigenvalue weighted by Crippen LogP contribution is -2.50. The zero-order valence-corrected chi connectivity index (χ0v) is 15.2. The largest absolute Gasteiger partial charge is 0.298 e. The van der Waals surface area contributed by atoms with Crippen LogP contribution in [0.25, 0.3) is 5.70 Å². The standard InChI is InChI=1S/C19H19N5OS/c1-2-3-12-26-19-22-18(25)16-13-8-4-5-9-14(13)21-17(24(16)23-19)15-10-6-7-11-20-15/h4-11,17H,2-3,12H2,1H3,(H,22,23,25). The number of fused-ring (bicyclic) bond motifs is 2. The van der Waals surface area contributed by atoms with Gasteiger partial charge >= 0.3 is 0 Å². The van der Waals surface area contributed by atoms with Crippen LogP contribution in [0.5, 0.6) is 0 Å². The van der Waals surface area contributed by atoms with Crippen LogP contribution in [-0.2, 0) is 4.79 Å². The summed E-state index contributed by atoms with van der Waals surface area (Å²) in [5.41, 5.74) is 1.28. The van der Waals surface area contributed by atoms with E-state index in [1.54, 1.807) is 23.0 Å². The van der Waals surface area contributed by atoms with Crippen LogP contribution >= 0.6 is 11.8 Å². The Morgan fingerprint density at radius 2 is 2.04 bits per heavy atom. The number of hydrogen-bond donors (Lipinski definition) is 1. The lowest BCUT2D eigenvalue weighted by Gasteiger charge is -2.33. The van der Waals surface area contributed by atoms with Crippen LogP contribution in [0.3, 0.4) is 0 Å². The second-order valence-electron chi connectivity index (χ2n) is 6.03. The van der Waals surface area contributed by atoms with E-state index in [9.17, 15) is 4.79 Å². The van der Waals surface area contributed by atoms with Crippen molar-refractivity contribution in [2.45, 2.75) is 25.9 Å². The van der Waals surface area contributed by atoms with Gasteiger partial charge in [0.2, 0.25) is 0 Å². The summed E-state index contributed by atoms with van der Waals surface area (Å²) >= 11 is 1.56. The molecule has 4 rings (SSSR count). The van der Waals surface area contributed by atoms with E-state index >= 15 is 0 Å². The summed E-state index contributed by atoms with van der Waals surface area (Å²) in [7, 11) is 0. The van der Waals surface area contributed by atoms with E-state index in [-0.39, 0.29) is 5.91 Å². The molecule has 0 saturated carbocycles. The minimum absolute atomic E-state index is 0.151. The molecule has 1 N–H and O–H groups in total. The molecule has 1 atom stereocenters. The van der Waals surface area contributed by atoms with Crippen LogP contribution in [0.4, 0.5) is 0 Å². The first-order chi connectivity index (χ1) is 12.8. The van der Waals surface area contributed by atoms with Crippen molar-refractivity contribution in [1.82, 2.24) is 15.3 Å². The zero-order chi connectivity index (χ0) is 17.9. The number of amidine groups is 1. The average Bonchev–Trinajstić information content (AvgIpc) is 2.68. The fourth-order valence-electron chi connectivity index (χ4n) is 2.93. The molecule has 132 valence electrons. The Bertz CT molecular complexity index is 973. The average molecular weight is 365 g/mol. The molecule has 3 heterocycles. The summed E-state index contributed by atoms with van der Waals surface area (Å²) in [6, 6.07) is 13.3. The van der Waals surface area contributed by atoms with Crippen LogP contribution in [0.15, 0.2) is 58.8 Å². The Morgan fingerprint density at radius 1 is 1.19 bits per heavy atom. The number of carbonyl (C=O) groups is 1. The fraction of sp³-hybridized carbons (Fsp3) is 0.263. The Morgan fingerprint density at radius 3 is 2.85 bits per heavy atom. The monoisotopic (exact) mass is 365 g/mol. The molecule has 1 aromatic heterocycles. The quantitative estimate of drug-likeness (QED) is 0.838. The van der Waals surface area contributed by atoms with Crippen molar-refractivity contribution in [3.05, 3.63) is 64.9 Å². The van der Waals surface area contributed by atoms with Crippen LogP contribution in [-0.4, -0.2) is 26.8 Å². The predicted molar refractivity (Wildman–Crippen MR) is 102 cm³/mol. The third kappa shape index (κ3) is 3.10. The van der Waals surface area contributed by atoms with Crippen molar-refractivity contribution in [2.75, 3.05) is 5.75 Å². The number of benzene rings is 1. The van der Waals surface area contributed by atoms with Gasteiger partial charge in [-0.1, -0.05) is 49.4 Å². The van der Waals surface area contributed by atoms with Gasteiger partial charge in [0.1, 0.15) is 5.70 Å². The predicted octanol–water partition coefficient (Wildman–Crippen LogP) is 1.76. The SMILES string of the molecule is CCCCSC1=NN2C(=c3ccccc3=NC2c2ccccn2)C(=O)N1. The van der Waals surface area contributed by atoms with Gasteiger partial charge in [-0.05, 0) is 24.6 Å². The number of nitrogens with one attached hydrogen (secondary N) is 1. The molecule has 7 heteroatoms. The van der Waals surface area contributed by atoms with Gasteiger partial charge in [0.05, 0.1) is 11.1 Å². The molecule has 6 nitrogen and oxygen atoms in total. The van der Waals surface area contributed by atoms with Crippen molar-refractivity contribution in [1.29, 1.82) is 0 Å². The van der Waals surface area contributed by atoms with Crippen molar-refractivity contribution in [2.24, 2.45) is 10.1 Å². The number of rotatable bonds is 4. The molecule has 0 saturated heterocycles. The molecular formula is C19H19N5OS. The Kier molecular flexibility index (Phi) is 4.71. The number of carbonyl (C=O) groups excluding carboxylic acids is 1. The summed E-state index contributed by atoms with van der Waals surface area (Å²) in [6.45, 7) is 2.14. The van der Waals surface area contributed by atoms with E-state index < -0.39 is 6.17 Å². The molecule has 2 aliphatic heterocycles. The van der Waals surface area contributed by atoms with Crippen molar-refractivity contribution < 1.29 is 4.79 Å². The summed E-state index contributed by atoms with van der Waals surface area (Å²) in [6.07, 6.45) is 3.46. The molecule has 0 fully saturated rings. The highest BCUT2D eigenvalue weighted by molar-refractivity contribution is 8.13. The lowest BCUT2D eigenvalue weighted by molar-refractivity contribution is -0.116. The van der Waals surface area contributed by atoms with Crippen molar-refractivity contribution in [3.8, 4) is 0 Å². The van der Waals surface area contributed by atoms with Gasteiger partial charge in [0, 0.05) is 17.2 Å². The molecule has 0 bridgehead atoms. The molecular weight excluding hydrogens is 346 g/mol. The van der Waals surface area contributed by atoms with Crippen LogP contribution in [0.2, 0.25) is 0 Å². The summed E-state index contributed by atoms with van der Waals surface area (Å²) in [5.74, 6) is 0.767. The normalized spacial score (nSPS) is 18.4. The lowest BCUT2D eigenvalue weighted by atomic mass is 10.1. The molecule has 0 spiro atoms. The summed E-state index contributed by atoms with van der Waals surface area (Å²) in [5, 5.41) is 11.5. The van der Waals surface area contributed by atoms with E-state index in [1.807, 2.05) is 42.5 Å². The van der Waals surface area contributed by atoms with Crippen molar-refractivity contribution in [3.63, 3.8) is 0 Å². The van der Waals surface area contributed by atoms with Gasteiger partial charge < -0.3 is 0 Å². The third-order valence-corrected chi connectivity index (χ3v) is 5.15. The van der Waals surface area contributed by atoms with E-state index in [0.29, 0.717) is 10.9 Å². The number of para-hydroxylation sites is 1. The molecule has 0 aliphatic carbocycles. The van der Waals surface area contributed by atoms with Gasteiger partial charge in [0.15, 0.2) is 11.3 Å². The van der Waals surface area contributed by atoms with Crippen LogP contribution in [0, 0.1) is 0 Å². The van der Waals surface area contributed by atoms with Gasteiger partial charge in [-0.15, -0.1) is 5.10 Å². The number of nitrogens with zero attached hydrogens (tertiary/aromatic N) is 4. The zero-order valence-electron chi connectivity index (χ0n) is 14.4. The second kappa shape index (κ2) is 7.29. The highest BCUT2D eigenvalue weighted by Gasteiger charge is 2.34. The number of thioether (sulfide) groups is 1. The first kappa shape index (κ1) is 16.8. The molecule has 1 unspecified atom stereocenters. The summed E-state index contributed by atoms with van der Waals surface area (Å²) < 4.78 is 0. The number of unbranched alkanes of at least 4 members (excludes halogenated alkanes) is 1. The van der Waals surface area contributed by atoms with Gasteiger partial charge in [-0.2, -0.15) is 0 Å². The number of amides is 1. The maximum Gasteiger partial charge on any atom is 0.276 e. The minimum atomic E-state index is -0.450. The number of hydrazone groups is 1. The highest BCUT2D eigenvalue weighted by Crippen LogP contribution is 2.29. The van der Waals surface area contributed by atoms with E-state index in [0.717, 1.165) is 34.9 Å². The van der Waals surface area contributed by atoms with Gasteiger partial charge in [0.25, 0.3) is 5.91 Å². The Labute approximate surface area is 155 Å². The second-order valence-corrected chi connectivity index (χ2v) is 7.11. The molecule has 1 aromatic carbocycles. The maximum absolute atomic E-state index is 12.9. The minimum Gasteiger partial charge on any atom is -0.298 e. The van der Waals surface area contributed by atoms with Crippen LogP contribution in [0.1, 0.15) is 31.6 Å². The molecule has 0 radical (unpaired) electrons. The molecule has 2 aromatic rings. The molecule has 1 amide bonds. The first-order valence-corrected chi connectivity index (χ1v) is 9.66. The van der Waals surface area contributed by atoms with Crippen molar-refractivity contribution >= 4 is 28.5 Å². The molecule has 2 aliphatic rings. The smallest absolute Gasteiger partial charge is 0.276 e. The summed E-state index contributed by atoms with van der Waals surface area (Å²) in [4.78, 5) is 22.1. The van der Waals surface area contributed by atoms with Gasteiger partial charge in [-0.25, -0.2) is 5.01 Å². The van der Waals surface area contributed by atoms with E-state index in [2.05, 4.69) is 17.2 Å².